The normalized spacial score (nSPS) is 12.6. The van der Waals surface area contributed by atoms with Crippen molar-refractivity contribution >= 4 is 16.5 Å². The second kappa shape index (κ2) is 4.44. The molecule has 0 aliphatic carbocycles. The lowest BCUT2D eigenvalue weighted by Crippen LogP contribution is -2.10. The lowest BCUT2D eigenvalue weighted by Gasteiger charge is -2.15. The van der Waals surface area contributed by atoms with Gasteiger partial charge in [-0.1, -0.05) is 31.2 Å². The zero-order valence-corrected chi connectivity index (χ0v) is 9.73. The molecule has 0 saturated carbocycles. The largest absolute Gasteiger partial charge is 0.490 e. The summed E-state index contributed by atoms with van der Waals surface area (Å²) in [5, 5.41) is 2.14. The van der Waals surface area contributed by atoms with Gasteiger partial charge in [-0.05, 0) is 25.5 Å². The smallest absolute Gasteiger partial charge is 0.127 e. The molecule has 0 bridgehead atoms. The fourth-order valence-electron chi connectivity index (χ4n) is 1.70. The summed E-state index contributed by atoms with van der Waals surface area (Å²) < 4.78 is 5.88. The van der Waals surface area contributed by atoms with E-state index in [2.05, 4.69) is 13.8 Å². The van der Waals surface area contributed by atoms with Crippen molar-refractivity contribution in [2.45, 2.75) is 26.4 Å². The van der Waals surface area contributed by atoms with Crippen LogP contribution in [0, 0.1) is 0 Å². The Morgan fingerprint density at radius 1 is 1.12 bits per heavy atom. The van der Waals surface area contributed by atoms with Gasteiger partial charge in [-0.25, -0.2) is 0 Å². The zero-order valence-electron chi connectivity index (χ0n) is 9.73. The second-order valence-electron chi connectivity index (χ2n) is 4.04. The Hall–Kier alpha value is -1.70. The molecular formula is C14H17NO. The van der Waals surface area contributed by atoms with Crippen molar-refractivity contribution in [2.24, 2.45) is 0 Å². The minimum atomic E-state index is 0.229. The molecule has 0 aromatic heterocycles. The Morgan fingerprint density at radius 2 is 1.81 bits per heavy atom. The van der Waals surface area contributed by atoms with Crippen LogP contribution < -0.4 is 10.5 Å². The van der Waals surface area contributed by atoms with Crippen LogP contribution in [0.25, 0.3) is 10.8 Å². The molecule has 2 nitrogen and oxygen atoms in total. The van der Waals surface area contributed by atoms with Crippen LogP contribution in [0.4, 0.5) is 5.69 Å². The van der Waals surface area contributed by atoms with Crippen LogP contribution in [0.1, 0.15) is 20.3 Å². The van der Waals surface area contributed by atoms with Crippen LogP contribution >= 0.6 is 0 Å². The Labute approximate surface area is 96.0 Å². The molecule has 0 radical (unpaired) electrons. The zero-order chi connectivity index (χ0) is 11.5. The van der Waals surface area contributed by atoms with Crippen LogP contribution in [0.3, 0.4) is 0 Å². The van der Waals surface area contributed by atoms with Gasteiger partial charge in [-0.15, -0.1) is 0 Å². The third kappa shape index (κ3) is 1.96. The highest BCUT2D eigenvalue weighted by Crippen LogP contribution is 2.30. The maximum absolute atomic E-state index is 5.93. The number of hydrogen-bond acceptors (Lipinski definition) is 2. The molecule has 2 heteroatoms. The van der Waals surface area contributed by atoms with Gasteiger partial charge in [0.25, 0.3) is 0 Å². The first-order chi connectivity index (χ1) is 7.72. The monoisotopic (exact) mass is 215 g/mol. The van der Waals surface area contributed by atoms with Crippen molar-refractivity contribution in [1.29, 1.82) is 0 Å². The van der Waals surface area contributed by atoms with Crippen LogP contribution in [0.5, 0.6) is 5.75 Å². The van der Waals surface area contributed by atoms with E-state index in [4.69, 9.17) is 10.5 Å². The number of nitrogens with two attached hydrogens (primary N) is 1. The predicted octanol–water partition coefficient (Wildman–Crippen LogP) is 3.60. The van der Waals surface area contributed by atoms with E-state index in [0.717, 1.165) is 28.6 Å². The number of benzene rings is 2. The highest BCUT2D eigenvalue weighted by atomic mass is 16.5. The van der Waals surface area contributed by atoms with Crippen molar-refractivity contribution in [2.75, 3.05) is 5.73 Å². The lowest BCUT2D eigenvalue weighted by molar-refractivity contribution is 0.220. The van der Waals surface area contributed by atoms with Gasteiger partial charge in [-0.2, -0.15) is 0 Å². The summed E-state index contributed by atoms with van der Waals surface area (Å²) in [5.41, 5.74) is 6.73. The van der Waals surface area contributed by atoms with Crippen LogP contribution in [-0.2, 0) is 0 Å². The summed E-state index contributed by atoms with van der Waals surface area (Å²) >= 11 is 0. The van der Waals surface area contributed by atoms with Crippen molar-refractivity contribution in [3.63, 3.8) is 0 Å². The van der Waals surface area contributed by atoms with Gasteiger partial charge in [0, 0.05) is 16.5 Å². The molecule has 2 aromatic carbocycles. The minimum absolute atomic E-state index is 0.229. The van der Waals surface area contributed by atoms with E-state index >= 15 is 0 Å². The molecular weight excluding hydrogens is 198 g/mol. The molecule has 0 aliphatic heterocycles. The summed E-state index contributed by atoms with van der Waals surface area (Å²) in [5.74, 6) is 0.916. The third-order valence-electron chi connectivity index (χ3n) is 2.82. The molecule has 16 heavy (non-hydrogen) atoms. The molecule has 84 valence electrons. The number of anilines is 1. The molecule has 0 saturated heterocycles. The van der Waals surface area contributed by atoms with Gasteiger partial charge in [-0.3, -0.25) is 0 Å². The third-order valence-corrected chi connectivity index (χ3v) is 2.82. The average molecular weight is 215 g/mol. The highest BCUT2D eigenvalue weighted by molar-refractivity contribution is 5.96. The minimum Gasteiger partial charge on any atom is -0.490 e. The van der Waals surface area contributed by atoms with E-state index < -0.39 is 0 Å². The van der Waals surface area contributed by atoms with Gasteiger partial charge in [0.05, 0.1) is 6.10 Å². The van der Waals surface area contributed by atoms with E-state index in [-0.39, 0.29) is 6.10 Å². The number of nitrogen functional groups attached to an aromatic ring is 1. The van der Waals surface area contributed by atoms with Crippen molar-refractivity contribution < 1.29 is 4.74 Å². The maximum atomic E-state index is 5.93. The topological polar surface area (TPSA) is 35.2 Å². The van der Waals surface area contributed by atoms with E-state index in [9.17, 15) is 0 Å². The molecule has 0 spiro atoms. The number of ether oxygens (including phenoxy) is 1. The second-order valence-corrected chi connectivity index (χ2v) is 4.04. The Morgan fingerprint density at radius 3 is 2.50 bits per heavy atom. The maximum Gasteiger partial charge on any atom is 0.127 e. The molecule has 2 N–H and O–H groups in total. The summed E-state index contributed by atoms with van der Waals surface area (Å²) in [6.07, 6.45) is 1.23. The van der Waals surface area contributed by atoms with E-state index in [1.165, 1.54) is 0 Å². The van der Waals surface area contributed by atoms with E-state index in [0.29, 0.717) is 0 Å². The highest BCUT2D eigenvalue weighted by Gasteiger charge is 2.07. The lowest BCUT2D eigenvalue weighted by atomic mass is 10.1. The molecule has 1 atom stereocenters. The molecule has 0 fully saturated rings. The van der Waals surface area contributed by atoms with Gasteiger partial charge in [0.2, 0.25) is 0 Å². The van der Waals surface area contributed by atoms with Gasteiger partial charge in [0.1, 0.15) is 5.75 Å². The first-order valence-corrected chi connectivity index (χ1v) is 5.66. The molecule has 2 rings (SSSR count). The van der Waals surface area contributed by atoms with E-state index in [1.807, 2.05) is 36.4 Å². The van der Waals surface area contributed by atoms with Crippen LogP contribution in [-0.4, -0.2) is 6.10 Å². The quantitative estimate of drug-likeness (QED) is 0.794. The first-order valence-electron chi connectivity index (χ1n) is 5.66. The van der Waals surface area contributed by atoms with Crippen molar-refractivity contribution in [3.8, 4) is 5.75 Å². The van der Waals surface area contributed by atoms with Crippen LogP contribution in [0.15, 0.2) is 36.4 Å². The number of fused-ring (bicyclic) bond motifs is 1. The fourth-order valence-corrected chi connectivity index (χ4v) is 1.70. The standard InChI is InChI=1S/C14H17NO/c1-3-10(2)16-14-9-8-13(15)11-6-4-5-7-12(11)14/h4-10H,3,15H2,1-2H3. The number of hydrogen-bond donors (Lipinski definition) is 1. The van der Waals surface area contributed by atoms with Crippen LogP contribution in [0.2, 0.25) is 0 Å². The molecule has 1 unspecified atom stereocenters. The van der Waals surface area contributed by atoms with Crippen molar-refractivity contribution in [3.05, 3.63) is 36.4 Å². The Balaban J connectivity index is 2.50. The van der Waals surface area contributed by atoms with E-state index in [1.54, 1.807) is 0 Å². The molecule has 0 heterocycles. The summed E-state index contributed by atoms with van der Waals surface area (Å²) in [6, 6.07) is 11.9. The van der Waals surface area contributed by atoms with Gasteiger partial charge in [0.15, 0.2) is 0 Å². The van der Waals surface area contributed by atoms with Gasteiger partial charge >= 0.3 is 0 Å². The summed E-state index contributed by atoms with van der Waals surface area (Å²) in [4.78, 5) is 0. The first kappa shape index (κ1) is 10.8. The Kier molecular flexibility index (Phi) is 3.00. The summed E-state index contributed by atoms with van der Waals surface area (Å²) in [6.45, 7) is 4.19. The van der Waals surface area contributed by atoms with Gasteiger partial charge < -0.3 is 10.5 Å². The average Bonchev–Trinajstić information content (AvgIpc) is 2.33. The predicted molar refractivity (Wildman–Crippen MR) is 68.7 cm³/mol. The fraction of sp³-hybridized carbons (Fsp3) is 0.286. The summed E-state index contributed by atoms with van der Waals surface area (Å²) in [7, 11) is 0. The molecule has 0 aliphatic rings. The molecule has 0 amide bonds. The molecule has 2 aromatic rings. The number of rotatable bonds is 3. The SMILES string of the molecule is CCC(C)Oc1ccc(N)c2ccccc12. The van der Waals surface area contributed by atoms with Crippen molar-refractivity contribution in [1.82, 2.24) is 0 Å². The Bertz CT molecular complexity index is 493.